The van der Waals surface area contributed by atoms with Gasteiger partial charge in [0.2, 0.25) is 0 Å². The Morgan fingerprint density at radius 3 is 2.00 bits per heavy atom. The van der Waals surface area contributed by atoms with Gasteiger partial charge in [-0.05, 0) is 6.58 Å². The molecule has 0 spiro atoms. The summed E-state index contributed by atoms with van der Waals surface area (Å²) in [6.45, 7) is 6.54. The van der Waals surface area contributed by atoms with Crippen molar-refractivity contribution in [3.8, 4) is 0 Å². The Balaban J connectivity index is 2.73. The lowest BCUT2D eigenvalue weighted by atomic mass is 11.1. The van der Waals surface area contributed by atoms with E-state index < -0.39 is 0 Å². The minimum atomic E-state index is 1.51. The third-order valence-corrected chi connectivity index (χ3v) is 0.144. The van der Waals surface area contributed by atoms with Gasteiger partial charge in [0.15, 0.2) is 6.20 Å². The van der Waals surface area contributed by atoms with Crippen molar-refractivity contribution in [1.82, 2.24) is 0 Å². The van der Waals surface area contributed by atoms with Crippen LogP contribution >= 0.6 is 0 Å². The summed E-state index contributed by atoms with van der Waals surface area (Å²) < 4.78 is 0. The Morgan fingerprint density at radius 1 is 1.75 bits per heavy atom. The maximum atomic E-state index is 3.31. The molecule has 0 atom stereocenters. The summed E-state index contributed by atoms with van der Waals surface area (Å²) in [5, 5.41) is 0. The van der Waals surface area contributed by atoms with Crippen LogP contribution in [0.1, 0.15) is 0 Å². The Labute approximate surface area is 25.7 Å². The molecule has 0 heterocycles. The van der Waals surface area contributed by atoms with Gasteiger partial charge in [0.05, 0.1) is 0 Å². The van der Waals surface area contributed by atoms with E-state index in [1.807, 2.05) is 0 Å². The van der Waals surface area contributed by atoms with E-state index in [0.29, 0.717) is 0 Å². The molecule has 1 nitrogen and oxygen atoms in total. The van der Waals surface area contributed by atoms with Crippen molar-refractivity contribution in [2.24, 2.45) is 0 Å². The summed E-state index contributed by atoms with van der Waals surface area (Å²) in [5.74, 6) is 0. The van der Waals surface area contributed by atoms with Crippen LogP contribution in [0, 0.1) is 0 Å². The maximum absolute atomic E-state index is 3.31. The van der Waals surface area contributed by atoms with Crippen LogP contribution in [0.15, 0.2) is 12.8 Å². The summed E-state index contributed by atoms with van der Waals surface area (Å²) >= 11 is 0. The molecule has 0 radical (unpaired) electrons. The van der Waals surface area contributed by atoms with E-state index in [1.165, 1.54) is 6.20 Å². The fourth-order valence-corrected chi connectivity index (χ4v) is 0. The molecule has 0 bridgehead atoms. The summed E-state index contributed by atoms with van der Waals surface area (Å²) in [7, 11) is 0. The minimum Gasteiger partial charge on any atom is -0.225 e. The lowest BCUT2D eigenvalue weighted by Gasteiger charge is -1.39. The summed E-state index contributed by atoms with van der Waals surface area (Å²) in [4.78, 5) is 2.44. The lowest BCUT2D eigenvalue weighted by Crippen LogP contribution is -2.56. The average molecular weight is 56.1 g/mol. The van der Waals surface area contributed by atoms with Crippen LogP contribution in [0.4, 0.5) is 0 Å². The van der Waals surface area contributed by atoms with E-state index in [0.717, 1.165) is 0 Å². The van der Waals surface area contributed by atoms with Crippen LogP contribution in [0.2, 0.25) is 0 Å². The molecule has 4 heavy (non-hydrogen) atoms. The van der Waals surface area contributed by atoms with Gasteiger partial charge in [-0.25, -0.2) is 4.99 Å². The fraction of sp³-hybridized carbons (Fsp3) is 0. The zero-order valence-corrected chi connectivity index (χ0v) is 2.49. The third-order valence-electron chi connectivity index (χ3n) is 0.144. The average Bonchev–Trinajstić information content (AvgIpc) is 1.37. The van der Waals surface area contributed by atoms with Gasteiger partial charge in [0.1, 0.15) is 6.72 Å². The van der Waals surface area contributed by atoms with E-state index in [2.05, 4.69) is 18.3 Å². The van der Waals surface area contributed by atoms with E-state index in [1.54, 1.807) is 0 Å². The van der Waals surface area contributed by atoms with Gasteiger partial charge in [-0.3, -0.25) is 0 Å². The largest absolute Gasteiger partial charge is 0.225 e. The number of hydrogen-bond donors (Lipinski definition) is 1. The first-order valence-electron chi connectivity index (χ1n) is 1.05. The number of rotatable bonds is 1. The highest BCUT2D eigenvalue weighted by Gasteiger charge is 1.36. The van der Waals surface area contributed by atoms with Crippen LogP contribution in [0.5, 0.6) is 0 Å². The predicted octanol–water partition coefficient (Wildman–Crippen LogP) is -1.09. The van der Waals surface area contributed by atoms with Gasteiger partial charge in [-0.2, -0.15) is 0 Å². The summed E-state index contributed by atoms with van der Waals surface area (Å²) in [5.41, 5.74) is 0. The second-order valence-electron chi connectivity index (χ2n) is 0.408. The van der Waals surface area contributed by atoms with E-state index >= 15 is 0 Å². The molecule has 0 aromatic carbocycles. The molecular formula is C3H6N+. The highest BCUT2D eigenvalue weighted by atomic mass is 14.6. The topological polar surface area (TPSA) is 14.0 Å². The summed E-state index contributed by atoms with van der Waals surface area (Å²) in [6, 6.07) is 0. The minimum absolute atomic E-state index is 1.51. The molecule has 0 aromatic rings. The molecule has 0 fully saturated rings. The first-order chi connectivity index (χ1) is 1.91. The van der Waals surface area contributed by atoms with Crippen LogP contribution in [-0.2, 0) is 0 Å². The van der Waals surface area contributed by atoms with Gasteiger partial charge in [0.25, 0.3) is 0 Å². The van der Waals surface area contributed by atoms with E-state index in [4.69, 9.17) is 0 Å². The molecule has 22 valence electrons. The maximum Gasteiger partial charge on any atom is 0.159 e. The quantitative estimate of drug-likeness (QED) is 0.367. The zero-order chi connectivity index (χ0) is 3.41. The van der Waals surface area contributed by atoms with Gasteiger partial charge in [-0.15, -0.1) is 0 Å². The van der Waals surface area contributed by atoms with Crippen molar-refractivity contribution in [3.05, 3.63) is 12.8 Å². The summed E-state index contributed by atoms with van der Waals surface area (Å²) in [6.07, 6.45) is 1.51. The first kappa shape index (κ1) is 3.41. The van der Waals surface area contributed by atoms with Crippen molar-refractivity contribution >= 4 is 6.72 Å². The van der Waals surface area contributed by atoms with Crippen LogP contribution in [0.3, 0.4) is 0 Å². The van der Waals surface area contributed by atoms with Crippen LogP contribution in [0.25, 0.3) is 0 Å². The normalized spacial score (nSPS) is 5.00. The fourth-order valence-electron chi connectivity index (χ4n) is 0. The van der Waals surface area contributed by atoms with Gasteiger partial charge in [-0.1, -0.05) is 0 Å². The molecule has 0 saturated heterocycles. The molecule has 0 unspecified atom stereocenters. The number of hydrogen-bond acceptors (Lipinski definition) is 0. The molecule has 0 amide bonds. The van der Waals surface area contributed by atoms with Crippen LogP contribution < -0.4 is 4.99 Å². The van der Waals surface area contributed by atoms with Crippen molar-refractivity contribution in [3.63, 3.8) is 0 Å². The smallest absolute Gasteiger partial charge is 0.159 e. The van der Waals surface area contributed by atoms with Crippen LogP contribution in [-0.4, -0.2) is 6.72 Å². The molecular weight excluding hydrogens is 50.0 g/mol. The standard InChI is InChI=1S/C3H5N/c1-3-4-2/h3H,1-2H2/p+1. The zero-order valence-electron chi connectivity index (χ0n) is 2.49. The molecule has 0 aliphatic heterocycles. The highest BCUT2D eigenvalue weighted by molar-refractivity contribution is 5.12. The Morgan fingerprint density at radius 2 is 2.00 bits per heavy atom. The molecule has 0 saturated carbocycles. The third kappa shape index (κ3) is 1.41. The van der Waals surface area contributed by atoms with Gasteiger partial charge >= 0.3 is 0 Å². The second kappa shape index (κ2) is 2.41. The SMILES string of the molecule is C=C[NH+]=C. The molecule has 1 N–H and O–H groups in total. The van der Waals surface area contributed by atoms with Crippen molar-refractivity contribution in [2.45, 2.75) is 0 Å². The highest BCUT2D eigenvalue weighted by Crippen LogP contribution is 1.08. The predicted molar refractivity (Wildman–Crippen MR) is 18.3 cm³/mol. The first-order valence-corrected chi connectivity index (χ1v) is 1.05. The molecule has 0 rings (SSSR count). The van der Waals surface area contributed by atoms with Crippen molar-refractivity contribution in [2.75, 3.05) is 0 Å². The monoisotopic (exact) mass is 56.0 g/mol. The molecule has 0 aromatic heterocycles. The Hall–Kier alpha value is -0.590. The second-order valence-corrected chi connectivity index (χ2v) is 0.408. The Bertz CT molecular complexity index is 24.3. The Kier molecular flexibility index (Phi) is 2.05. The van der Waals surface area contributed by atoms with E-state index in [-0.39, 0.29) is 0 Å². The molecule has 0 aliphatic rings. The van der Waals surface area contributed by atoms with Crippen molar-refractivity contribution in [1.29, 1.82) is 0 Å². The van der Waals surface area contributed by atoms with E-state index in [9.17, 15) is 0 Å². The van der Waals surface area contributed by atoms with Gasteiger partial charge < -0.3 is 0 Å². The van der Waals surface area contributed by atoms with Gasteiger partial charge in [0, 0.05) is 0 Å². The van der Waals surface area contributed by atoms with Crippen molar-refractivity contribution < 1.29 is 4.99 Å². The molecule has 0 aliphatic carbocycles. The number of nitrogens with one attached hydrogen (secondary N) is 1. The molecule has 1 heteroatoms. The lowest BCUT2D eigenvalue weighted by molar-refractivity contribution is -0.360.